The zero-order chi connectivity index (χ0) is 13.8. The molecule has 3 heterocycles. The molecule has 1 aliphatic heterocycles. The fourth-order valence-electron chi connectivity index (χ4n) is 2.28. The van der Waals surface area contributed by atoms with Gasteiger partial charge >= 0.3 is 0 Å². The maximum Gasteiger partial charge on any atom is 0.230 e. The molecule has 20 heavy (non-hydrogen) atoms. The molecule has 3 rings (SSSR count). The van der Waals surface area contributed by atoms with E-state index in [-0.39, 0.29) is 0 Å². The summed E-state index contributed by atoms with van der Waals surface area (Å²) in [6.45, 7) is 4.85. The van der Waals surface area contributed by atoms with Crippen LogP contribution in [-0.4, -0.2) is 39.6 Å². The number of hydrogen-bond donors (Lipinski definition) is 1. The largest absolute Gasteiger partial charge is 0.354 e. The molecular formula is C14H18N6. The lowest BCUT2D eigenvalue weighted by Crippen LogP contribution is -2.22. The minimum Gasteiger partial charge on any atom is -0.354 e. The van der Waals surface area contributed by atoms with E-state index in [2.05, 4.69) is 30.2 Å². The van der Waals surface area contributed by atoms with Crippen molar-refractivity contribution in [3.8, 4) is 11.4 Å². The zero-order valence-electron chi connectivity index (χ0n) is 11.6. The molecule has 0 aliphatic carbocycles. The number of aromatic nitrogens is 4. The molecule has 2 aromatic heterocycles. The van der Waals surface area contributed by atoms with Gasteiger partial charge in [0.05, 0.1) is 0 Å². The van der Waals surface area contributed by atoms with Crippen molar-refractivity contribution >= 4 is 11.9 Å². The molecule has 0 radical (unpaired) electrons. The second-order valence-electron chi connectivity index (χ2n) is 4.75. The molecule has 1 N–H and O–H groups in total. The summed E-state index contributed by atoms with van der Waals surface area (Å²) in [7, 11) is 0. The van der Waals surface area contributed by atoms with E-state index in [4.69, 9.17) is 0 Å². The highest BCUT2D eigenvalue weighted by Crippen LogP contribution is 2.21. The third kappa shape index (κ3) is 2.68. The Hall–Kier alpha value is -2.24. The van der Waals surface area contributed by atoms with Crippen LogP contribution in [0.4, 0.5) is 11.9 Å². The summed E-state index contributed by atoms with van der Waals surface area (Å²) in [6.07, 6.45) is 5.92. The van der Waals surface area contributed by atoms with E-state index >= 15 is 0 Å². The van der Waals surface area contributed by atoms with Crippen LogP contribution in [0.2, 0.25) is 0 Å². The SMILES string of the molecule is CCNc1nc(-c2cccnc2)nc(N2CCCC2)n1. The second kappa shape index (κ2) is 5.81. The third-order valence-electron chi connectivity index (χ3n) is 3.27. The van der Waals surface area contributed by atoms with Crippen molar-refractivity contribution < 1.29 is 0 Å². The molecule has 2 aromatic rings. The number of hydrogen-bond acceptors (Lipinski definition) is 6. The van der Waals surface area contributed by atoms with Crippen molar-refractivity contribution in [2.75, 3.05) is 29.9 Å². The molecule has 0 aromatic carbocycles. The predicted octanol–water partition coefficient (Wildman–Crippen LogP) is 1.97. The van der Waals surface area contributed by atoms with E-state index in [1.807, 2.05) is 19.1 Å². The van der Waals surface area contributed by atoms with E-state index < -0.39 is 0 Å². The quantitative estimate of drug-likeness (QED) is 0.916. The van der Waals surface area contributed by atoms with Crippen molar-refractivity contribution in [2.45, 2.75) is 19.8 Å². The van der Waals surface area contributed by atoms with Crippen LogP contribution in [0, 0.1) is 0 Å². The predicted molar refractivity (Wildman–Crippen MR) is 78.7 cm³/mol. The smallest absolute Gasteiger partial charge is 0.230 e. The van der Waals surface area contributed by atoms with Crippen LogP contribution in [0.15, 0.2) is 24.5 Å². The van der Waals surface area contributed by atoms with Gasteiger partial charge in [0.2, 0.25) is 11.9 Å². The maximum atomic E-state index is 4.59. The Labute approximate surface area is 118 Å². The Morgan fingerprint density at radius 3 is 2.75 bits per heavy atom. The first-order valence-electron chi connectivity index (χ1n) is 7.02. The molecule has 1 aliphatic rings. The van der Waals surface area contributed by atoms with Gasteiger partial charge in [-0.25, -0.2) is 0 Å². The van der Waals surface area contributed by atoms with E-state index in [9.17, 15) is 0 Å². The average molecular weight is 270 g/mol. The number of nitrogens with zero attached hydrogens (tertiary/aromatic N) is 5. The molecule has 0 unspecified atom stereocenters. The molecule has 6 nitrogen and oxygen atoms in total. The standard InChI is InChI=1S/C14H18N6/c1-2-16-13-17-12(11-6-5-7-15-10-11)18-14(19-13)20-8-3-4-9-20/h5-7,10H,2-4,8-9H2,1H3,(H,16,17,18,19). The zero-order valence-corrected chi connectivity index (χ0v) is 11.6. The molecule has 0 saturated carbocycles. The van der Waals surface area contributed by atoms with Crippen molar-refractivity contribution in [3.63, 3.8) is 0 Å². The average Bonchev–Trinajstić information content (AvgIpc) is 3.02. The van der Waals surface area contributed by atoms with Crippen molar-refractivity contribution in [1.29, 1.82) is 0 Å². The first-order chi connectivity index (χ1) is 9.86. The molecule has 0 bridgehead atoms. The molecule has 0 amide bonds. The summed E-state index contributed by atoms with van der Waals surface area (Å²) in [5, 5.41) is 3.17. The van der Waals surface area contributed by atoms with Gasteiger partial charge < -0.3 is 10.2 Å². The van der Waals surface area contributed by atoms with Crippen molar-refractivity contribution in [2.24, 2.45) is 0 Å². The molecule has 0 atom stereocenters. The van der Waals surface area contributed by atoms with Crippen LogP contribution in [0.5, 0.6) is 0 Å². The third-order valence-corrected chi connectivity index (χ3v) is 3.27. The van der Waals surface area contributed by atoms with Gasteiger partial charge in [-0.15, -0.1) is 0 Å². The van der Waals surface area contributed by atoms with E-state index in [1.54, 1.807) is 12.4 Å². The molecular weight excluding hydrogens is 252 g/mol. The lowest BCUT2D eigenvalue weighted by Gasteiger charge is -2.16. The normalized spacial score (nSPS) is 14.6. The van der Waals surface area contributed by atoms with Crippen LogP contribution in [0.3, 0.4) is 0 Å². The van der Waals surface area contributed by atoms with E-state index in [0.717, 1.165) is 31.1 Å². The number of anilines is 2. The van der Waals surface area contributed by atoms with Crippen LogP contribution in [0.25, 0.3) is 11.4 Å². The van der Waals surface area contributed by atoms with Crippen LogP contribution in [-0.2, 0) is 0 Å². The molecule has 1 fully saturated rings. The fraction of sp³-hybridized carbons (Fsp3) is 0.429. The summed E-state index contributed by atoms with van der Waals surface area (Å²) in [5.74, 6) is 2.06. The van der Waals surface area contributed by atoms with Gasteiger partial charge in [-0.2, -0.15) is 15.0 Å². The highest BCUT2D eigenvalue weighted by Gasteiger charge is 2.17. The molecule has 104 valence electrons. The Morgan fingerprint density at radius 1 is 1.20 bits per heavy atom. The van der Waals surface area contributed by atoms with Gasteiger partial charge in [-0.05, 0) is 31.9 Å². The van der Waals surface area contributed by atoms with Gasteiger partial charge in [-0.1, -0.05) is 0 Å². The van der Waals surface area contributed by atoms with Gasteiger partial charge in [-0.3, -0.25) is 4.98 Å². The highest BCUT2D eigenvalue weighted by molar-refractivity contribution is 5.57. The van der Waals surface area contributed by atoms with Crippen LogP contribution < -0.4 is 10.2 Å². The minimum atomic E-state index is 0.628. The van der Waals surface area contributed by atoms with Crippen LogP contribution in [0.1, 0.15) is 19.8 Å². The summed E-state index contributed by atoms with van der Waals surface area (Å²) in [6, 6.07) is 3.85. The Bertz CT molecular complexity index is 565. The Kier molecular flexibility index (Phi) is 3.71. The second-order valence-corrected chi connectivity index (χ2v) is 4.75. The number of nitrogens with one attached hydrogen (secondary N) is 1. The molecule has 6 heteroatoms. The number of rotatable bonds is 4. The number of pyridine rings is 1. The lowest BCUT2D eigenvalue weighted by molar-refractivity contribution is 0.881. The molecule has 0 spiro atoms. The maximum absolute atomic E-state index is 4.59. The Balaban J connectivity index is 2.00. The first-order valence-corrected chi connectivity index (χ1v) is 7.02. The first kappa shape index (κ1) is 12.8. The summed E-state index contributed by atoms with van der Waals surface area (Å²) >= 11 is 0. The van der Waals surface area contributed by atoms with Gasteiger partial charge in [0.1, 0.15) is 0 Å². The fourth-order valence-corrected chi connectivity index (χ4v) is 2.28. The summed E-state index contributed by atoms with van der Waals surface area (Å²) in [4.78, 5) is 19.9. The minimum absolute atomic E-state index is 0.628. The lowest BCUT2D eigenvalue weighted by atomic mass is 10.3. The van der Waals surface area contributed by atoms with Crippen LogP contribution >= 0.6 is 0 Å². The van der Waals surface area contributed by atoms with Crippen molar-refractivity contribution in [3.05, 3.63) is 24.5 Å². The van der Waals surface area contributed by atoms with Gasteiger partial charge in [0, 0.05) is 37.6 Å². The van der Waals surface area contributed by atoms with Crippen molar-refractivity contribution in [1.82, 2.24) is 19.9 Å². The van der Waals surface area contributed by atoms with E-state index in [0.29, 0.717) is 11.8 Å². The topological polar surface area (TPSA) is 66.8 Å². The monoisotopic (exact) mass is 270 g/mol. The summed E-state index contributed by atoms with van der Waals surface area (Å²) < 4.78 is 0. The highest BCUT2D eigenvalue weighted by atomic mass is 15.3. The van der Waals surface area contributed by atoms with Gasteiger partial charge in [0.15, 0.2) is 5.82 Å². The van der Waals surface area contributed by atoms with Gasteiger partial charge in [0.25, 0.3) is 0 Å². The van der Waals surface area contributed by atoms with E-state index in [1.165, 1.54) is 12.8 Å². The summed E-state index contributed by atoms with van der Waals surface area (Å²) in [5.41, 5.74) is 0.912. The Morgan fingerprint density at radius 2 is 2.05 bits per heavy atom. The molecule has 1 saturated heterocycles.